The summed E-state index contributed by atoms with van der Waals surface area (Å²) in [4.78, 5) is 0. The van der Waals surface area contributed by atoms with Crippen molar-refractivity contribution in [3.63, 3.8) is 0 Å². The molecule has 0 heterocycles. The van der Waals surface area contributed by atoms with Crippen LogP contribution >= 0.6 is 8.58 Å². The minimum Gasteiger partial charge on any atom is -0.0834 e. The molecular weight excluding hydrogens is 752 g/mol. The summed E-state index contributed by atoms with van der Waals surface area (Å²) >= 11 is 0. The monoisotopic (exact) mass is 870 g/mol. The van der Waals surface area contributed by atoms with Crippen molar-refractivity contribution in [1.29, 1.82) is 0 Å². The van der Waals surface area contributed by atoms with Crippen molar-refractivity contribution < 1.29 is 0 Å². The maximum Gasteiger partial charge on any atom is -0.0267 e. The first kappa shape index (κ1) is 60.9. The van der Waals surface area contributed by atoms with Crippen LogP contribution in [0.15, 0.2) is 23.8 Å². The zero-order chi connectivity index (χ0) is 43.7. The van der Waals surface area contributed by atoms with Gasteiger partial charge >= 0.3 is 0 Å². The van der Waals surface area contributed by atoms with Gasteiger partial charge in [-0.15, -0.1) is 0 Å². The molecule has 0 fully saturated rings. The van der Waals surface area contributed by atoms with E-state index in [2.05, 4.69) is 37.6 Å². The molecule has 1 heteroatoms. The third-order valence-corrected chi connectivity index (χ3v) is 14.6. The Morgan fingerprint density at radius 1 is 0.180 bits per heavy atom. The second kappa shape index (κ2) is 59.9. The molecule has 0 aliphatic heterocycles. The summed E-state index contributed by atoms with van der Waals surface area (Å²) in [6, 6.07) is 0. The smallest absolute Gasteiger partial charge is 0.0267 e. The lowest BCUT2D eigenvalue weighted by molar-refractivity contribution is 0.515. The normalized spacial score (nSPS) is 12.2. The van der Waals surface area contributed by atoms with Crippen LogP contribution in [0.2, 0.25) is 0 Å². The fraction of sp³-hybridized carbons (Fsp3) is 0.933. The molecule has 0 aromatic rings. The van der Waals surface area contributed by atoms with Gasteiger partial charge in [0, 0.05) is 0 Å². The molecule has 0 atom stereocenters. The number of unbranched alkanes of at least 4 members (excludes halogenated alkanes) is 52. The Bertz CT molecular complexity index is 718. The van der Waals surface area contributed by atoms with Crippen molar-refractivity contribution in [3.05, 3.63) is 23.8 Å². The van der Waals surface area contributed by atoms with E-state index in [1.165, 1.54) is 355 Å². The molecular formula is C60H118P. The molecule has 0 nitrogen and oxygen atoms in total. The van der Waals surface area contributed by atoms with Crippen molar-refractivity contribution >= 4 is 8.58 Å². The molecule has 0 saturated heterocycles. The van der Waals surface area contributed by atoms with Crippen LogP contribution in [-0.4, -0.2) is 0 Å². The van der Waals surface area contributed by atoms with Crippen LogP contribution in [0.4, 0.5) is 0 Å². The fourth-order valence-corrected chi connectivity index (χ4v) is 10.1. The first-order valence-corrected chi connectivity index (χ1v) is 30.4. The Labute approximate surface area is 391 Å². The highest BCUT2D eigenvalue weighted by atomic mass is 31.1. The van der Waals surface area contributed by atoms with Gasteiger partial charge in [-0.3, -0.25) is 0 Å². The number of rotatable bonds is 56. The lowest BCUT2D eigenvalue weighted by Gasteiger charge is -2.04. The van der Waals surface area contributed by atoms with E-state index in [0.29, 0.717) is 0 Å². The van der Waals surface area contributed by atoms with Gasteiger partial charge in [0.2, 0.25) is 0 Å². The van der Waals surface area contributed by atoms with E-state index in [4.69, 9.17) is 0 Å². The first-order valence-electron chi connectivity index (χ1n) is 29.4. The van der Waals surface area contributed by atoms with Gasteiger partial charge < -0.3 is 0 Å². The standard InChI is InChI=1S/C60H118P/c1-3-5-7-9-11-13-15-17-19-21-23-25-27-29-31-33-35-37-39-41-43-45-47-49-51-53-55-57-59-61-60-58-56-54-52-50-48-46-44-42-40-38-36-34-32-30-28-26-24-22-20-18-16-14-12-10-8-6-4-2/h57-60H,3-56H2,1-2H3. The predicted octanol–water partition coefficient (Wildman–Crippen LogP) is 24.1. The third-order valence-electron chi connectivity index (χ3n) is 13.8. The minimum absolute atomic E-state index is 1.28. The van der Waals surface area contributed by atoms with Crippen LogP contribution in [0, 0.1) is 0 Å². The number of hydrogen-bond acceptors (Lipinski definition) is 0. The topological polar surface area (TPSA) is 0 Å². The molecule has 0 aliphatic rings. The van der Waals surface area contributed by atoms with Gasteiger partial charge in [0.1, 0.15) is 0 Å². The summed E-state index contributed by atoms with van der Waals surface area (Å²) in [6.07, 6.45) is 83.9. The van der Waals surface area contributed by atoms with Crippen molar-refractivity contribution in [2.45, 2.75) is 361 Å². The van der Waals surface area contributed by atoms with Crippen molar-refractivity contribution in [2.24, 2.45) is 0 Å². The van der Waals surface area contributed by atoms with Gasteiger partial charge in [-0.25, -0.2) is 0 Å². The van der Waals surface area contributed by atoms with Gasteiger partial charge in [-0.05, 0) is 34.3 Å². The molecule has 363 valence electrons. The highest BCUT2D eigenvalue weighted by Gasteiger charge is 1.99. The van der Waals surface area contributed by atoms with Gasteiger partial charge in [-0.1, -0.05) is 359 Å². The zero-order valence-electron chi connectivity index (χ0n) is 42.9. The summed E-state index contributed by atoms with van der Waals surface area (Å²) in [5.41, 5.74) is 0. The highest BCUT2D eigenvalue weighted by Crippen LogP contribution is 2.20. The molecule has 0 aliphatic carbocycles. The second-order valence-corrected chi connectivity index (χ2v) is 21.1. The lowest BCUT2D eigenvalue weighted by Crippen LogP contribution is -1.84. The molecule has 0 unspecified atom stereocenters. The van der Waals surface area contributed by atoms with E-state index in [9.17, 15) is 0 Å². The maximum absolute atomic E-state index is 2.42. The Morgan fingerprint density at radius 3 is 0.459 bits per heavy atom. The van der Waals surface area contributed by atoms with Crippen LogP contribution in [-0.2, 0) is 0 Å². The van der Waals surface area contributed by atoms with Crippen LogP contribution in [0.1, 0.15) is 361 Å². The molecule has 1 radical (unpaired) electrons. The van der Waals surface area contributed by atoms with Crippen LogP contribution in [0.25, 0.3) is 0 Å². The van der Waals surface area contributed by atoms with Gasteiger partial charge in [0.05, 0.1) is 0 Å². The average Bonchev–Trinajstić information content (AvgIpc) is 3.27. The molecule has 0 aromatic carbocycles. The summed E-state index contributed by atoms with van der Waals surface area (Å²) in [7, 11) is 1.39. The Hall–Kier alpha value is -0.0900. The van der Waals surface area contributed by atoms with E-state index >= 15 is 0 Å². The molecule has 0 aromatic heterocycles. The quantitative estimate of drug-likeness (QED) is 0.0422. The van der Waals surface area contributed by atoms with Crippen LogP contribution in [0.3, 0.4) is 0 Å². The Morgan fingerprint density at radius 2 is 0.311 bits per heavy atom. The third kappa shape index (κ3) is 59.9. The Balaban J connectivity index is 3.14. The van der Waals surface area contributed by atoms with Crippen molar-refractivity contribution in [1.82, 2.24) is 0 Å². The number of allylic oxidation sites excluding steroid dienone is 2. The minimum atomic E-state index is 1.28. The average molecular weight is 871 g/mol. The van der Waals surface area contributed by atoms with Crippen LogP contribution in [0.5, 0.6) is 0 Å². The molecule has 0 bridgehead atoms. The molecule has 0 rings (SSSR count). The van der Waals surface area contributed by atoms with E-state index in [1.54, 1.807) is 0 Å². The lowest BCUT2D eigenvalue weighted by atomic mass is 10.0. The van der Waals surface area contributed by atoms with Gasteiger partial charge in [-0.2, -0.15) is 0 Å². The summed E-state index contributed by atoms with van der Waals surface area (Å²) < 4.78 is 0. The molecule has 0 amide bonds. The van der Waals surface area contributed by atoms with Crippen molar-refractivity contribution in [3.8, 4) is 0 Å². The maximum atomic E-state index is 2.42. The van der Waals surface area contributed by atoms with Gasteiger partial charge in [0.15, 0.2) is 0 Å². The largest absolute Gasteiger partial charge is 0.0834 e. The SMILES string of the molecule is CCCCCCCCCCCCCCCCCCCCCCCCCCCCC=C[P]C=CCCCCCCCCCCCCCCCCCCCCCCCCCCCC. The molecule has 61 heavy (non-hydrogen) atoms. The zero-order valence-corrected chi connectivity index (χ0v) is 43.8. The highest BCUT2D eigenvalue weighted by molar-refractivity contribution is 7.45. The predicted molar refractivity (Wildman–Crippen MR) is 286 cm³/mol. The second-order valence-electron chi connectivity index (χ2n) is 20.2. The van der Waals surface area contributed by atoms with E-state index in [-0.39, 0.29) is 0 Å². The van der Waals surface area contributed by atoms with Gasteiger partial charge in [0.25, 0.3) is 0 Å². The molecule has 0 saturated carbocycles. The summed E-state index contributed by atoms with van der Waals surface area (Å²) in [5.74, 6) is 4.75. The van der Waals surface area contributed by atoms with E-state index in [1.807, 2.05) is 0 Å². The fourth-order valence-electron chi connectivity index (χ4n) is 9.48. The van der Waals surface area contributed by atoms with Crippen LogP contribution < -0.4 is 0 Å². The Kier molecular flexibility index (Phi) is 59.8. The summed E-state index contributed by atoms with van der Waals surface area (Å²) in [5, 5.41) is 0. The summed E-state index contributed by atoms with van der Waals surface area (Å²) in [6.45, 7) is 4.62. The van der Waals surface area contributed by atoms with Crippen molar-refractivity contribution in [2.75, 3.05) is 0 Å². The molecule has 0 N–H and O–H groups in total. The van der Waals surface area contributed by atoms with E-state index in [0.717, 1.165) is 0 Å². The molecule has 0 spiro atoms. The first-order chi connectivity index (χ1) is 30.4. The van der Waals surface area contributed by atoms with E-state index < -0.39 is 0 Å². The number of hydrogen-bond donors (Lipinski definition) is 0.